The van der Waals surface area contributed by atoms with Gasteiger partial charge < -0.3 is 9.73 Å². The molecule has 0 fully saturated rings. The number of oxazole rings is 1. The monoisotopic (exact) mass is 499 g/mol. The van der Waals surface area contributed by atoms with Gasteiger partial charge in [-0.3, -0.25) is 10.1 Å². The van der Waals surface area contributed by atoms with Crippen LogP contribution in [0.2, 0.25) is 0 Å². The Morgan fingerprint density at radius 1 is 0.703 bits per heavy atom. The van der Waals surface area contributed by atoms with Gasteiger partial charge in [0, 0.05) is 16.8 Å². The Labute approximate surface area is 218 Å². The average molecular weight is 500 g/mol. The number of thiocarbonyl (C=S) groups is 1. The van der Waals surface area contributed by atoms with Gasteiger partial charge in [0.2, 0.25) is 5.89 Å². The second-order valence-electron chi connectivity index (χ2n) is 8.62. The number of nitrogens with zero attached hydrogens (tertiary/aromatic N) is 1. The fourth-order valence-corrected chi connectivity index (χ4v) is 4.44. The van der Waals surface area contributed by atoms with E-state index in [1.54, 1.807) is 6.07 Å². The normalized spacial score (nSPS) is 10.9. The van der Waals surface area contributed by atoms with Crippen LogP contribution in [0.5, 0.6) is 0 Å². The third kappa shape index (κ3) is 4.83. The molecule has 6 aromatic rings. The smallest absolute Gasteiger partial charge is 0.257 e. The lowest BCUT2D eigenvalue weighted by Gasteiger charge is -2.10. The number of amides is 1. The molecule has 2 N–H and O–H groups in total. The van der Waals surface area contributed by atoms with Gasteiger partial charge in [-0.25, -0.2) is 4.98 Å². The van der Waals surface area contributed by atoms with Crippen molar-refractivity contribution in [3.05, 3.63) is 121 Å². The maximum atomic E-state index is 12.7. The van der Waals surface area contributed by atoms with Crippen molar-refractivity contribution in [2.75, 3.05) is 5.32 Å². The van der Waals surface area contributed by atoms with E-state index < -0.39 is 0 Å². The standard InChI is InChI=1S/C31H21N3O2S/c35-29(25-15-12-21-8-4-5-9-24(21)18-25)34-31(37)32-26-16-17-28-27(19-26)33-30(36-28)23-13-10-22(11-14-23)20-6-2-1-3-7-20/h1-19H,(H2,32,34,35,37). The number of nitrogens with one attached hydrogen (secondary N) is 2. The van der Waals surface area contributed by atoms with Crippen LogP contribution in [0.25, 0.3) is 44.5 Å². The maximum Gasteiger partial charge on any atom is 0.257 e. The molecule has 178 valence electrons. The average Bonchev–Trinajstić information content (AvgIpc) is 3.37. The van der Waals surface area contributed by atoms with Crippen molar-refractivity contribution in [2.45, 2.75) is 0 Å². The number of anilines is 1. The number of fused-ring (bicyclic) bond motifs is 2. The van der Waals surface area contributed by atoms with Gasteiger partial charge in [-0.1, -0.05) is 72.8 Å². The molecule has 0 aliphatic rings. The van der Waals surface area contributed by atoms with E-state index in [2.05, 4.69) is 39.9 Å². The van der Waals surface area contributed by atoms with Crippen LogP contribution in [-0.2, 0) is 0 Å². The summed E-state index contributed by atoms with van der Waals surface area (Å²) >= 11 is 5.38. The SMILES string of the molecule is O=C(NC(=S)Nc1ccc2oc(-c3ccc(-c4ccccc4)cc3)nc2c1)c1ccc2ccccc2c1. The third-order valence-corrected chi connectivity index (χ3v) is 6.33. The number of aromatic nitrogens is 1. The van der Waals surface area contributed by atoms with Gasteiger partial charge in [0.25, 0.3) is 5.91 Å². The van der Waals surface area contributed by atoms with Crippen molar-refractivity contribution in [3.63, 3.8) is 0 Å². The minimum absolute atomic E-state index is 0.206. The molecular weight excluding hydrogens is 478 g/mol. The predicted molar refractivity (Wildman–Crippen MR) is 153 cm³/mol. The summed E-state index contributed by atoms with van der Waals surface area (Å²) in [5.74, 6) is 0.269. The molecule has 6 heteroatoms. The number of carbonyl (C=O) groups excluding carboxylic acids is 1. The lowest BCUT2D eigenvalue weighted by atomic mass is 10.0. The van der Waals surface area contributed by atoms with Crippen LogP contribution in [0.15, 0.2) is 120 Å². The molecule has 0 saturated carbocycles. The number of benzene rings is 5. The minimum atomic E-state index is -0.271. The molecule has 0 radical (unpaired) electrons. The van der Waals surface area contributed by atoms with Crippen molar-refractivity contribution in [1.82, 2.24) is 10.3 Å². The summed E-state index contributed by atoms with van der Waals surface area (Å²) in [7, 11) is 0. The number of hydrogen-bond donors (Lipinski definition) is 2. The van der Waals surface area contributed by atoms with Crippen molar-refractivity contribution >= 4 is 50.8 Å². The first kappa shape index (κ1) is 22.6. The Morgan fingerprint density at radius 2 is 1.41 bits per heavy atom. The molecule has 0 atom stereocenters. The topological polar surface area (TPSA) is 67.2 Å². The first-order valence-electron chi connectivity index (χ1n) is 11.8. The Hall–Kier alpha value is -4.81. The maximum absolute atomic E-state index is 12.7. The van der Waals surface area contributed by atoms with Gasteiger partial charge in [0.1, 0.15) is 5.52 Å². The highest BCUT2D eigenvalue weighted by Gasteiger charge is 2.12. The fraction of sp³-hybridized carbons (Fsp3) is 0. The molecule has 0 bridgehead atoms. The van der Waals surface area contributed by atoms with E-state index in [9.17, 15) is 4.79 Å². The molecule has 1 aromatic heterocycles. The first-order chi connectivity index (χ1) is 18.1. The highest BCUT2D eigenvalue weighted by Crippen LogP contribution is 2.28. The highest BCUT2D eigenvalue weighted by atomic mass is 32.1. The summed E-state index contributed by atoms with van der Waals surface area (Å²) in [6, 6.07) is 37.3. The zero-order chi connectivity index (χ0) is 25.2. The second kappa shape index (κ2) is 9.68. The summed E-state index contributed by atoms with van der Waals surface area (Å²) in [5, 5.41) is 8.09. The van der Waals surface area contributed by atoms with Crippen LogP contribution < -0.4 is 10.6 Å². The Kier molecular flexibility index (Phi) is 5.92. The van der Waals surface area contributed by atoms with Crippen LogP contribution in [0.1, 0.15) is 10.4 Å². The van der Waals surface area contributed by atoms with Crippen molar-refractivity contribution in [1.29, 1.82) is 0 Å². The van der Waals surface area contributed by atoms with E-state index in [0.717, 1.165) is 27.5 Å². The molecule has 1 heterocycles. The summed E-state index contributed by atoms with van der Waals surface area (Å²) in [6.45, 7) is 0. The lowest BCUT2D eigenvalue weighted by molar-refractivity contribution is 0.0978. The van der Waals surface area contributed by atoms with Crippen LogP contribution >= 0.6 is 12.2 Å². The van der Waals surface area contributed by atoms with Gasteiger partial charge in [-0.2, -0.15) is 0 Å². The molecule has 0 aliphatic heterocycles. The molecule has 1 amide bonds. The van der Waals surface area contributed by atoms with Crippen LogP contribution in [0.3, 0.4) is 0 Å². The van der Waals surface area contributed by atoms with Crippen LogP contribution in [0.4, 0.5) is 5.69 Å². The molecule has 5 nitrogen and oxygen atoms in total. The Bertz CT molecular complexity index is 1760. The second-order valence-corrected chi connectivity index (χ2v) is 9.02. The molecule has 37 heavy (non-hydrogen) atoms. The molecular formula is C31H21N3O2S. The van der Waals surface area contributed by atoms with E-state index in [4.69, 9.17) is 16.6 Å². The summed E-state index contributed by atoms with van der Waals surface area (Å²) in [5.41, 5.74) is 5.78. The molecule has 0 aliphatic carbocycles. The van der Waals surface area contributed by atoms with Gasteiger partial charge >= 0.3 is 0 Å². The van der Waals surface area contributed by atoms with Gasteiger partial charge in [-0.05, 0) is 76.6 Å². The van der Waals surface area contributed by atoms with Gasteiger partial charge in [0.05, 0.1) is 0 Å². The van der Waals surface area contributed by atoms with E-state index in [1.807, 2.05) is 84.9 Å². The first-order valence-corrected chi connectivity index (χ1v) is 12.2. The molecule has 6 rings (SSSR count). The van der Waals surface area contributed by atoms with E-state index in [0.29, 0.717) is 28.2 Å². The molecule has 0 unspecified atom stereocenters. The molecule has 0 spiro atoms. The number of hydrogen-bond acceptors (Lipinski definition) is 4. The fourth-order valence-electron chi connectivity index (χ4n) is 4.23. The summed E-state index contributed by atoms with van der Waals surface area (Å²) in [6.07, 6.45) is 0. The van der Waals surface area contributed by atoms with Crippen molar-refractivity contribution < 1.29 is 9.21 Å². The summed E-state index contributed by atoms with van der Waals surface area (Å²) < 4.78 is 5.98. The largest absolute Gasteiger partial charge is 0.436 e. The number of carbonyl (C=O) groups is 1. The quantitative estimate of drug-likeness (QED) is 0.247. The van der Waals surface area contributed by atoms with E-state index >= 15 is 0 Å². The predicted octanol–water partition coefficient (Wildman–Crippen LogP) is 7.44. The number of rotatable bonds is 4. The van der Waals surface area contributed by atoms with Crippen LogP contribution in [-0.4, -0.2) is 16.0 Å². The van der Waals surface area contributed by atoms with Crippen molar-refractivity contribution in [3.8, 4) is 22.6 Å². The Morgan fingerprint density at radius 3 is 2.22 bits per heavy atom. The highest BCUT2D eigenvalue weighted by molar-refractivity contribution is 7.80. The molecule has 0 saturated heterocycles. The molecule has 5 aromatic carbocycles. The minimum Gasteiger partial charge on any atom is -0.436 e. The third-order valence-electron chi connectivity index (χ3n) is 6.12. The zero-order valence-corrected chi connectivity index (χ0v) is 20.5. The van der Waals surface area contributed by atoms with Gasteiger partial charge in [-0.15, -0.1) is 0 Å². The van der Waals surface area contributed by atoms with E-state index in [-0.39, 0.29) is 11.0 Å². The lowest BCUT2D eigenvalue weighted by Crippen LogP contribution is -2.34. The summed E-state index contributed by atoms with van der Waals surface area (Å²) in [4.78, 5) is 17.4. The van der Waals surface area contributed by atoms with Crippen molar-refractivity contribution in [2.24, 2.45) is 0 Å². The zero-order valence-electron chi connectivity index (χ0n) is 19.6. The van der Waals surface area contributed by atoms with Gasteiger partial charge in [0.15, 0.2) is 10.7 Å². The van der Waals surface area contributed by atoms with E-state index in [1.165, 1.54) is 0 Å². The van der Waals surface area contributed by atoms with Crippen LogP contribution in [0, 0.1) is 0 Å². The Balaban J connectivity index is 1.15.